The molecule has 0 bridgehead atoms. The van der Waals surface area contributed by atoms with Gasteiger partial charge in [-0.25, -0.2) is 4.79 Å². The minimum atomic E-state index is -0.552. The zero-order valence-electron chi connectivity index (χ0n) is 15.7. The largest absolute Gasteiger partial charge is 0.508 e. The van der Waals surface area contributed by atoms with Gasteiger partial charge in [0.05, 0.1) is 13.2 Å². The predicted molar refractivity (Wildman–Crippen MR) is 96.8 cm³/mol. The van der Waals surface area contributed by atoms with Crippen LogP contribution in [-0.4, -0.2) is 48.4 Å². The molecule has 0 spiro atoms. The van der Waals surface area contributed by atoms with E-state index in [1.165, 1.54) is 74.3 Å². The number of carbonyl (C=O) groups excluding carboxylic acids is 1. The van der Waals surface area contributed by atoms with Crippen molar-refractivity contribution in [3.63, 3.8) is 0 Å². The molecule has 3 radical (unpaired) electrons. The third-order valence-corrected chi connectivity index (χ3v) is 4.30. The Labute approximate surface area is 157 Å². The Morgan fingerprint density at radius 1 is 0.826 bits per heavy atom. The Bertz CT molecular complexity index is 223. The summed E-state index contributed by atoms with van der Waals surface area (Å²) in [5.41, 5.74) is 0. The van der Waals surface area contributed by atoms with Crippen LogP contribution >= 0.6 is 0 Å². The van der Waals surface area contributed by atoms with Crippen molar-refractivity contribution < 1.29 is 17.3 Å². The van der Waals surface area contributed by atoms with Crippen molar-refractivity contribution in [2.45, 2.75) is 98.0 Å². The summed E-state index contributed by atoms with van der Waals surface area (Å²) in [5, 5.41) is 0. The van der Waals surface area contributed by atoms with Crippen LogP contribution in [0.3, 0.4) is 0 Å². The second-order valence-electron chi connectivity index (χ2n) is 5.65. The van der Waals surface area contributed by atoms with Gasteiger partial charge in [0.25, 0.3) is 0 Å². The molecule has 137 valence electrons. The van der Waals surface area contributed by atoms with Crippen molar-refractivity contribution in [2.75, 3.05) is 13.2 Å². The summed E-state index contributed by atoms with van der Waals surface area (Å²) in [5.74, 6) is 0. The van der Waals surface area contributed by atoms with Gasteiger partial charge in [-0.1, -0.05) is 13.8 Å². The average molecular weight is 436 g/mol. The predicted octanol–water partition coefficient (Wildman–Crippen LogP) is 5.58. The maximum absolute atomic E-state index is 10.5. The zero-order chi connectivity index (χ0) is 17.8. The number of rotatable bonds is 13. The van der Waals surface area contributed by atoms with Gasteiger partial charge in [-0.15, -0.1) is 0 Å². The molecule has 4 nitrogen and oxygen atoms in total. The topological polar surface area (TPSA) is 44.8 Å². The molecule has 23 heavy (non-hydrogen) atoms. The Hall–Kier alpha value is 0.0287. The third kappa shape index (κ3) is 22.0. The van der Waals surface area contributed by atoms with Gasteiger partial charge in [0.15, 0.2) is 0 Å². The molecule has 0 heterocycles. The van der Waals surface area contributed by atoms with E-state index in [9.17, 15) is 4.79 Å². The molecule has 5 heteroatoms. The maximum atomic E-state index is 10.5. The van der Waals surface area contributed by atoms with E-state index in [2.05, 4.69) is 23.3 Å². The molecule has 0 aliphatic heterocycles. The maximum Gasteiger partial charge on any atom is 0.508 e. The fourth-order valence-electron chi connectivity index (χ4n) is 1.91. The summed E-state index contributed by atoms with van der Waals surface area (Å²) in [6.07, 6.45) is 12.5. The zero-order valence-corrected chi connectivity index (χ0v) is 18.5. The fourth-order valence-corrected chi connectivity index (χ4v) is 2.72. The van der Waals surface area contributed by atoms with E-state index in [-0.39, 0.29) is 0 Å². The van der Waals surface area contributed by atoms with E-state index < -0.39 is 6.16 Å². The quantitative estimate of drug-likeness (QED) is 0.215. The van der Waals surface area contributed by atoms with Crippen molar-refractivity contribution in [3.8, 4) is 0 Å². The Morgan fingerprint density at radius 2 is 1.35 bits per heavy atom. The van der Waals surface area contributed by atoms with Crippen molar-refractivity contribution in [3.05, 3.63) is 0 Å². The smallest absolute Gasteiger partial charge is 0.434 e. The molecule has 0 rings (SSSR count). The van der Waals surface area contributed by atoms with E-state index in [4.69, 9.17) is 3.07 Å². The van der Waals surface area contributed by atoms with Gasteiger partial charge in [0.2, 0.25) is 0 Å². The fraction of sp³-hybridized carbons (Fsp3) is 0.944. The van der Waals surface area contributed by atoms with Crippen LogP contribution in [0.15, 0.2) is 0 Å². The van der Waals surface area contributed by atoms with Gasteiger partial charge in [0, 0.05) is 0 Å². The van der Waals surface area contributed by atoms with E-state index in [1.807, 2.05) is 13.8 Å². The van der Waals surface area contributed by atoms with Crippen molar-refractivity contribution in [1.82, 2.24) is 0 Å². The summed E-state index contributed by atoms with van der Waals surface area (Å²) < 4.78 is 14.7. The molecule has 0 aromatic carbocycles. The van der Waals surface area contributed by atoms with Crippen LogP contribution in [-0.2, 0) is 12.5 Å². The Balaban J connectivity index is 0. The molecule has 1 unspecified atom stereocenters. The molecule has 0 aliphatic carbocycles. The summed E-state index contributed by atoms with van der Waals surface area (Å²) in [6.45, 7) is 9.25. The van der Waals surface area contributed by atoms with E-state index >= 15 is 0 Å². The van der Waals surface area contributed by atoms with Gasteiger partial charge in [-0.3, -0.25) is 0 Å². The van der Waals surface area contributed by atoms with Crippen LogP contribution in [0, 0.1) is 0 Å². The van der Waals surface area contributed by atoms with Crippen molar-refractivity contribution in [2.24, 2.45) is 0 Å². The molecule has 0 aromatic heterocycles. The van der Waals surface area contributed by atoms with Crippen LogP contribution < -0.4 is 0 Å². The normalized spacial score (nSPS) is 11.3. The minimum absolute atomic E-state index is 0.447. The van der Waals surface area contributed by atoms with Crippen LogP contribution in [0.2, 0.25) is 0 Å². The average Bonchev–Trinajstić information content (AvgIpc) is 2.58. The Morgan fingerprint density at radius 3 is 1.78 bits per heavy atom. The number of hydrogen-bond donors (Lipinski definition) is 0. The summed E-state index contributed by atoms with van der Waals surface area (Å²) in [4.78, 5) is 10.5. The summed E-state index contributed by atoms with van der Waals surface area (Å²) in [7, 11) is 0. The SMILES string of the molecule is CCCCCCCCC(CC)[O][Sn].CCCOC(=O)OCCC. The molecule has 0 saturated heterocycles. The molecule has 0 aromatic rings. The summed E-state index contributed by atoms with van der Waals surface area (Å²) in [6, 6.07) is 0. The van der Waals surface area contributed by atoms with Gasteiger partial charge in [-0.05, 0) is 12.8 Å². The number of ether oxygens (including phenoxy) is 2. The second-order valence-corrected chi connectivity index (χ2v) is 6.32. The first-order valence-electron chi connectivity index (χ1n) is 9.27. The van der Waals surface area contributed by atoms with E-state index in [1.54, 1.807) is 0 Å². The van der Waals surface area contributed by atoms with Crippen LogP contribution in [0.5, 0.6) is 0 Å². The van der Waals surface area contributed by atoms with Crippen molar-refractivity contribution >= 4 is 29.1 Å². The number of carbonyl (C=O) groups is 1. The molecule has 0 amide bonds. The van der Waals surface area contributed by atoms with Gasteiger partial charge in [-0.2, -0.15) is 0 Å². The molecule has 1 atom stereocenters. The van der Waals surface area contributed by atoms with Crippen molar-refractivity contribution in [1.29, 1.82) is 0 Å². The number of unbranched alkanes of at least 4 members (excludes halogenated alkanes) is 5. The van der Waals surface area contributed by atoms with Gasteiger partial charge >= 0.3 is 103 Å². The molecular weight excluding hydrogens is 399 g/mol. The van der Waals surface area contributed by atoms with Crippen LogP contribution in [0.1, 0.15) is 91.9 Å². The van der Waals surface area contributed by atoms with Crippen LogP contribution in [0.25, 0.3) is 0 Å². The minimum Gasteiger partial charge on any atom is -0.434 e. The Kier molecular flexibility index (Phi) is 24.2. The summed E-state index contributed by atoms with van der Waals surface area (Å²) >= 11 is 1.23. The molecule has 0 aliphatic rings. The van der Waals surface area contributed by atoms with E-state index in [0.29, 0.717) is 19.3 Å². The molecular formula is C18H37O4Sn. The van der Waals surface area contributed by atoms with Gasteiger partial charge < -0.3 is 9.47 Å². The van der Waals surface area contributed by atoms with E-state index in [0.717, 1.165) is 12.8 Å². The van der Waals surface area contributed by atoms with Crippen LogP contribution in [0.4, 0.5) is 4.79 Å². The monoisotopic (exact) mass is 437 g/mol. The first-order valence-corrected chi connectivity index (χ1v) is 10.4. The molecule has 0 fully saturated rings. The molecule has 0 N–H and O–H groups in total. The standard InChI is InChI=1S/C11H23O.C7H14O3.Sn/c1-3-5-6-7-8-9-10-11(12)4-2;1-3-5-9-7(8)10-6-4-2;/h11H,3-10H2,1-2H3;3-6H2,1-2H3;/q-1;;+1. The van der Waals surface area contributed by atoms with Gasteiger partial charge in [0.1, 0.15) is 0 Å². The second kappa shape index (κ2) is 22.0. The number of hydrogen-bond acceptors (Lipinski definition) is 4. The first kappa shape index (κ1) is 25.3. The third-order valence-electron chi connectivity index (χ3n) is 3.35. The molecule has 0 saturated carbocycles. The first-order chi connectivity index (χ1) is 11.2.